The zero-order valence-electron chi connectivity index (χ0n) is 13.8. The molecule has 2 atom stereocenters. The Morgan fingerprint density at radius 2 is 1.54 bits per heavy atom. The van der Waals surface area contributed by atoms with E-state index in [1.807, 2.05) is 60.7 Å². The highest BCUT2D eigenvalue weighted by molar-refractivity contribution is 5.73. The van der Waals surface area contributed by atoms with E-state index in [1.54, 1.807) is 6.08 Å². The molecule has 128 valence electrons. The number of rotatable bonds is 2. The summed E-state index contributed by atoms with van der Waals surface area (Å²) in [5.41, 5.74) is 15.4. The Kier molecular flexibility index (Phi) is 3.05. The third-order valence-corrected chi connectivity index (χ3v) is 4.69. The average molecular weight is 344 g/mol. The molecular weight excluding hydrogens is 328 g/mol. The largest absolute Gasteiger partial charge is 0.440 e. The molecule has 0 bridgehead atoms. The Bertz CT molecular complexity index is 1120. The summed E-state index contributed by atoms with van der Waals surface area (Å²) in [6, 6.07) is 15.1. The molecule has 0 saturated heterocycles. The standard InChI is InChI=1S/C20H16N4O2/c21-12-6-5-11-20(22,19-24-14-8-2-4-10-16(14)26-19)17(12)18-23-13-7-1-3-9-15(13)25-18/h1-11,17H,21-22H2. The molecule has 2 unspecified atom stereocenters. The first kappa shape index (κ1) is 14.9. The number of oxazole rings is 2. The predicted octanol–water partition coefficient (Wildman–Crippen LogP) is 3.32. The first-order valence-corrected chi connectivity index (χ1v) is 8.30. The number of hydrogen-bond donors (Lipinski definition) is 2. The van der Waals surface area contributed by atoms with Crippen LogP contribution in [0, 0.1) is 0 Å². The summed E-state index contributed by atoms with van der Waals surface area (Å²) in [5, 5.41) is 0. The van der Waals surface area contributed by atoms with E-state index in [9.17, 15) is 0 Å². The molecule has 4 N–H and O–H groups in total. The van der Waals surface area contributed by atoms with E-state index in [-0.39, 0.29) is 0 Å². The summed E-state index contributed by atoms with van der Waals surface area (Å²) >= 11 is 0. The van der Waals surface area contributed by atoms with Crippen LogP contribution < -0.4 is 11.5 Å². The zero-order chi connectivity index (χ0) is 17.7. The molecule has 26 heavy (non-hydrogen) atoms. The van der Waals surface area contributed by atoms with E-state index >= 15 is 0 Å². The monoisotopic (exact) mass is 344 g/mol. The molecule has 2 aromatic carbocycles. The molecule has 0 fully saturated rings. The Labute approximate surface area is 148 Å². The van der Waals surface area contributed by atoms with Crippen molar-refractivity contribution in [1.29, 1.82) is 0 Å². The lowest BCUT2D eigenvalue weighted by atomic mass is 9.79. The number of aromatic nitrogens is 2. The number of fused-ring (bicyclic) bond motifs is 2. The van der Waals surface area contributed by atoms with Crippen LogP contribution >= 0.6 is 0 Å². The smallest absolute Gasteiger partial charge is 0.220 e. The van der Waals surface area contributed by atoms with Crippen molar-refractivity contribution in [2.45, 2.75) is 11.5 Å². The Morgan fingerprint density at radius 3 is 2.23 bits per heavy atom. The van der Waals surface area contributed by atoms with Gasteiger partial charge in [0.25, 0.3) is 0 Å². The molecule has 6 nitrogen and oxygen atoms in total. The van der Waals surface area contributed by atoms with Gasteiger partial charge in [-0.2, -0.15) is 0 Å². The summed E-state index contributed by atoms with van der Waals surface area (Å²) in [5.74, 6) is 0.292. The molecule has 0 saturated carbocycles. The molecule has 1 aliphatic carbocycles. The fraction of sp³-hybridized carbons (Fsp3) is 0.100. The molecule has 0 radical (unpaired) electrons. The maximum Gasteiger partial charge on any atom is 0.220 e. The molecule has 4 aromatic rings. The van der Waals surface area contributed by atoms with Gasteiger partial charge in [0, 0.05) is 5.70 Å². The summed E-state index contributed by atoms with van der Waals surface area (Å²) in [7, 11) is 0. The number of allylic oxidation sites excluding steroid dienone is 2. The molecule has 0 spiro atoms. The van der Waals surface area contributed by atoms with Crippen LogP contribution in [0.15, 0.2) is 81.3 Å². The highest BCUT2D eigenvalue weighted by atomic mass is 16.4. The van der Waals surface area contributed by atoms with Crippen molar-refractivity contribution in [2.24, 2.45) is 11.5 Å². The van der Waals surface area contributed by atoms with E-state index < -0.39 is 11.5 Å². The second-order valence-corrected chi connectivity index (χ2v) is 6.40. The fourth-order valence-electron chi connectivity index (χ4n) is 3.40. The van der Waals surface area contributed by atoms with Crippen molar-refractivity contribution in [3.63, 3.8) is 0 Å². The third kappa shape index (κ3) is 2.09. The van der Waals surface area contributed by atoms with E-state index in [0.29, 0.717) is 28.6 Å². The van der Waals surface area contributed by atoms with Gasteiger partial charge in [-0.25, -0.2) is 9.97 Å². The van der Waals surface area contributed by atoms with Crippen molar-refractivity contribution in [3.8, 4) is 0 Å². The van der Waals surface area contributed by atoms with Crippen molar-refractivity contribution in [3.05, 3.63) is 84.2 Å². The van der Waals surface area contributed by atoms with Crippen LogP contribution in [0.5, 0.6) is 0 Å². The minimum absolute atomic E-state index is 0.373. The van der Waals surface area contributed by atoms with Gasteiger partial charge in [0.2, 0.25) is 11.8 Å². The van der Waals surface area contributed by atoms with Crippen LogP contribution in [0.2, 0.25) is 0 Å². The van der Waals surface area contributed by atoms with Crippen LogP contribution in [0.4, 0.5) is 0 Å². The molecule has 6 heteroatoms. The number of para-hydroxylation sites is 4. The highest BCUT2D eigenvalue weighted by Gasteiger charge is 2.45. The van der Waals surface area contributed by atoms with Gasteiger partial charge in [0.05, 0.1) is 0 Å². The minimum atomic E-state index is -1.10. The van der Waals surface area contributed by atoms with Gasteiger partial charge in [-0.3, -0.25) is 0 Å². The fourth-order valence-corrected chi connectivity index (χ4v) is 3.40. The Morgan fingerprint density at radius 1 is 0.885 bits per heavy atom. The lowest BCUT2D eigenvalue weighted by Crippen LogP contribution is -2.45. The molecule has 2 aromatic heterocycles. The molecule has 0 amide bonds. The normalized spacial score (nSPS) is 22.8. The van der Waals surface area contributed by atoms with Crippen molar-refractivity contribution >= 4 is 22.2 Å². The van der Waals surface area contributed by atoms with Gasteiger partial charge in [-0.05, 0) is 30.3 Å². The van der Waals surface area contributed by atoms with Crippen LogP contribution in [0.3, 0.4) is 0 Å². The summed E-state index contributed by atoms with van der Waals surface area (Å²) in [6.45, 7) is 0. The number of nitrogens with two attached hydrogens (primary N) is 2. The number of benzene rings is 2. The molecular formula is C20H16N4O2. The van der Waals surface area contributed by atoms with E-state index in [2.05, 4.69) is 9.97 Å². The minimum Gasteiger partial charge on any atom is -0.440 e. The highest BCUT2D eigenvalue weighted by Crippen LogP contribution is 2.42. The van der Waals surface area contributed by atoms with Crippen LogP contribution in [0.1, 0.15) is 17.7 Å². The quantitative estimate of drug-likeness (QED) is 0.578. The Balaban J connectivity index is 1.70. The van der Waals surface area contributed by atoms with Crippen LogP contribution in [-0.2, 0) is 5.54 Å². The second-order valence-electron chi connectivity index (χ2n) is 6.40. The van der Waals surface area contributed by atoms with Crippen molar-refractivity contribution in [2.75, 3.05) is 0 Å². The van der Waals surface area contributed by atoms with Crippen LogP contribution in [0.25, 0.3) is 22.2 Å². The van der Waals surface area contributed by atoms with Gasteiger partial charge < -0.3 is 20.3 Å². The molecule has 5 rings (SSSR count). The SMILES string of the molecule is NC1=CC=CC(N)(c2nc3ccccc3o2)C1c1nc2ccccc2o1. The lowest BCUT2D eigenvalue weighted by molar-refractivity contribution is 0.326. The zero-order valence-corrected chi connectivity index (χ0v) is 13.8. The third-order valence-electron chi connectivity index (χ3n) is 4.69. The van der Waals surface area contributed by atoms with Gasteiger partial charge in [0.15, 0.2) is 11.2 Å². The van der Waals surface area contributed by atoms with E-state index in [1.165, 1.54) is 0 Å². The van der Waals surface area contributed by atoms with E-state index in [4.69, 9.17) is 20.3 Å². The maximum atomic E-state index is 6.77. The van der Waals surface area contributed by atoms with Crippen molar-refractivity contribution < 1.29 is 8.83 Å². The summed E-state index contributed by atoms with van der Waals surface area (Å²) in [6.07, 6.45) is 5.43. The van der Waals surface area contributed by atoms with E-state index in [0.717, 1.165) is 11.0 Å². The maximum absolute atomic E-state index is 6.77. The number of nitrogens with zero attached hydrogens (tertiary/aromatic N) is 2. The molecule has 0 aliphatic heterocycles. The second kappa shape index (κ2) is 5.31. The Hall–Kier alpha value is -3.38. The van der Waals surface area contributed by atoms with Gasteiger partial charge in [0.1, 0.15) is 22.5 Å². The number of hydrogen-bond acceptors (Lipinski definition) is 6. The average Bonchev–Trinajstić information content (AvgIpc) is 3.25. The summed E-state index contributed by atoms with van der Waals surface area (Å²) < 4.78 is 11.9. The first-order valence-electron chi connectivity index (χ1n) is 8.30. The lowest BCUT2D eigenvalue weighted by Gasteiger charge is -2.32. The first-order chi connectivity index (χ1) is 12.6. The van der Waals surface area contributed by atoms with Crippen LogP contribution in [-0.4, -0.2) is 9.97 Å². The van der Waals surface area contributed by atoms with Gasteiger partial charge >= 0.3 is 0 Å². The topological polar surface area (TPSA) is 104 Å². The predicted molar refractivity (Wildman–Crippen MR) is 98.0 cm³/mol. The molecule has 1 aliphatic rings. The molecule has 2 heterocycles. The van der Waals surface area contributed by atoms with Crippen molar-refractivity contribution in [1.82, 2.24) is 9.97 Å². The van der Waals surface area contributed by atoms with Gasteiger partial charge in [-0.1, -0.05) is 36.4 Å². The summed E-state index contributed by atoms with van der Waals surface area (Å²) in [4.78, 5) is 9.17. The van der Waals surface area contributed by atoms with Gasteiger partial charge in [-0.15, -0.1) is 0 Å².